The molecule has 22 heavy (non-hydrogen) atoms. The summed E-state index contributed by atoms with van der Waals surface area (Å²) in [7, 11) is 1.57. The number of para-hydroxylation sites is 1. The lowest BCUT2D eigenvalue weighted by Crippen LogP contribution is -2.10. The van der Waals surface area contributed by atoms with Gasteiger partial charge in [-0.25, -0.2) is 9.97 Å². The van der Waals surface area contributed by atoms with Crippen molar-refractivity contribution in [2.75, 3.05) is 30.9 Å². The van der Waals surface area contributed by atoms with E-state index in [1.165, 1.54) is 30.6 Å². The highest BCUT2D eigenvalue weighted by Gasteiger charge is 2.33. The fourth-order valence-corrected chi connectivity index (χ4v) is 1.78. The molecule has 8 heteroatoms. The molecule has 0 bridgehead atoms. The number of methoxy groups -OCH3 is 1. The molecule has 0 amide bonds. The average molecular weight is 312 g/mol. The molecule has 0 saturated heterocycles. The van der Waals surface area contributed by atoms with E-state index in [1.807, 2.05) is 0 Å². The highest BCUT2D eigenvalue weighted by Crippen LogP contribution is 2.35. The van der Waals surface area contributed by atoms with Gasteiger partial charge in [0.1, 0.15) is 18.0 Å². The van der Waals surface area contributed by atoms with Crippen LogP contribution in [0.5, 0.6) is 0 Å². The number of aromatic nitrogens is 2. The van der Waals surface area contributed by atoms with Crippen LogP contribution < -0.4 is 10.6 Å². The maximum atomic E-state index is 12.9. The molecule has 0 aliphatic heterocycles. The summed E-state index contributed by atoms with van der Waals surface area (Å²) < 4.78 is 43.7. The first-order chi connectivity index (χ1) is 10.5. The lowest BCUT2D eigenvalue weighted by atomic mass is 10.1. The van der Waals surface area contributed by atoms with E-state index in [-0.39, 0.29) is 11.5 Å². The van der Waals surface area contributed by atoms with Crippen LogP contribution in [0.25, 0.3) is 0 Å². The fourth-order valence-electron chi connectivity index (χ4n) is 1.78. The van der Waals surface area contributed by atoms with E-state index in [2.05, 4.69) is 20.6 Å². The van der Waals surface area contributed by atoms with Crippen molar-refractivity contribution in [3.63, 3.8) is 0 Å². The van der Waals surface area contributed by atoms with Crippen molar-refractivity contribution in [2.24, 2.45) is 0 Å². The molecule has 5 nitrogen and oxygen atoms in total. The van der Waals surface area contributed by atoms with Gasteiger partial charge in [0.05, 0.1) is 17.9 Å². The molecule has 1 aromatic heterocycles. The summed E-state index contributed by atoms with van der Waals surface area (Å²) in [5, 5.41) is 5.65. The number of ether oxygens (including phenoxy) is 1. The number of benzene rings is 1. The summed E-state index contributed by atoms with van der Waals surface area (Å²) in [4.78, 5) is 7.91. The molecule has 0 fully saturated rings. The predicted octanol–water partition coefficient (Wildman–Crippen LogP) is 3.30. The topological polar surface area (TPSA) is 59.1 Å². The number of anilines is 3. The Kier molecular flexibility index (Phi) is 5.16. The first kappa shape index (κ1) is 16.0. The van der Waals surface area contributed by atoms with Crippen LogP contribution in [-0.2, 0) is 10.9 Å². The second-order valence-electron chi connectivity index (χ2n) is 4.38. The molecule has 0 aliphatic carbocycles. The van der Waals surface area contributed by atoms with E-state index in [0.717, 1.165) is 6.07 Å². The third kappa shape index (κ3) is 4.32. The minimum atomic E-state index is -4.43. The number of hydrogen-bond acceptors (Lipinski definition) is 5. The zero-order valence-electron chi connectivity index (χ0n) is 11.8. The van der Waals surface area contributed by atoms with Gasteiger partial charge in [0, 0.05) is 19.7 Å². The van der Waals surface area contributed by atoms with E-state index in [4.69, 9.17) is 4.74 Å². The molecule has 0 radical (unpaired) electrons. The smallest absolute Gasteiger partial charge is 0.383 e. The number of nitrogens with zero attached hydrogens (tertiary/aromatic N) is 2. The van der Waals surface area contributed by atoms with Crippen LogP contribution in [0.2, 0.25) is 0 Å². The van der Waals surface area contributed by atoms with Gasteiger partial charge in [-0.3, -0.25) is 0 Å². The van der Waals surface area contributed by atoms with Gasteiger partial charge in [-0.05, 0) is 12.1 Å². The largest absolute Gasteiger partial charge is 0.418 e. The van der Waals surface area contributed by atoms with Gasteiger partial charge in [-0.2, -0.15) is 13.2 Å². The molecule has 0 atom stereocenters. The molecule has 1 aromatic carbocycles. The Morgan fingerprint density at radius 2 is 1.86 bits per heavy atom. The van der Waals surface area contributed by atoms with Crippen molar-refractivity contribution < 1.29 is 17.9 Å². The highest BCUT2D eigenvalue weighted by molar-refractivity contribution is 5.63. The number of rotatable bonds is 6. The Balaban J connectivity index is 2.16. The Morgan fingerprint density at radius 1 is 1.14 bits per heavy atom. The van der Waals surface area contributed by atoms with Gasteiger partial charge in [-0.1, -0.05) is 12.1 Å². The van der Waals surface area contributed by atoms with Gasteiger partial charge < -0.3 is 15.4 Å². The highest BCUT2D eigenvalue weighted by atomic mass is 19.4. The molecular formula is C14H15F3N4O. The van der Waals surface area contributed by atoms with Gasteiger partial charge in [0.2, 0.25) is 0 Å². The molecule has 2 aromatic rings. The predicted molar refractivity (Wildman–Crippen MR) is 77.1 cm³/mol. The first-order valence-corrected chi connectivity index (χ1v) is 6.49. The molecule has 0 aliphatic rings. The fraction of sp³-hybridized carbons (Fsp3) is 0.286. The van der Waals surface area contributed by atoms with Crippen LogP contribution in [0.15, 0.2) is 36.7 Å². The maximum Gasteiger partial charge on any atom is 0.418 e. The van der Waals surface area contributed by atoms with Crippen molar-refractivity contribution in [1.82, 2.24) is 9.97 Å². The van der Waals surface area contributed by atoms with E-state index >= 15 is 0 Å². The van der Waals surface area contributed by atoms with Crippen LogP contribution in [0.4, 0.5) is 30.5 Å². The minimum absolute atomic E-state index is 0.0588. The molecule has 0 saturated carbocycles. The molecule has 2 rings (SSSR count). The number of hydrogen-bond donors (Lipinski definition) is 2. The second-order valence-corrected chi connectivity index (χ2v) is 4.38. The van der Waals surface area contributed by atoms with Crippen LogP contribution in [0.3, 0.4) is 0 Å². The quantitative estimate of drug-likeness (QED) is 0.802. The maximum absolute atomic E-state index is 12.9. The number of alkyl halides is 3. The summed E-state index contributed by atoms with van der Waals surface area (Å²) in [6, 6.07) is 6.76. The van der Waals surface area contributed by atoms with Crippen molar-refractivity contribution >= 4 is 17.3 Å². The molecule has 2 N–H and O–H groups in total. The van der Waals surface area contributed by atoms with Crippen molar-refractivity contribution in [3.05, 3.63) is 42.2 Å². The number of nitrogens with one attached hydrogen (secondary N) is 2. The monoisotopic (exact) mass is 312 g/mol. The normalized spacial score (nSPS) is 11.3. The summed E-state index contributed by atoms with van der Waals surface area (Å²) in [5.74, 6) is 0.769. The van der Waals surface area contributed by atoms with Crippen molar-refractivity contribution in [3.8, 4) is 0 Å². The molecule has 118 valence electrons. The Bertz CT molecular complexity index is 619. The third-order valence-electron chi connectivity index (χ3n) is 2.77. The Hall–Kier alpha value is -2.35. The minimum Gasteiger partial charge on any atom is -0.383 e. The van der Waals surface area contributed by atoms with Gasteiger partial charge in [-0.15, -0.1) is 0 Å². The lowest BCUT2D eigenvalue weighted by Gasteiger charge is -2.14. The average Bonchev–Trinajstić information content (AvgIpc) is 2.47. The van der Waals surface area contributed by atoms with Gasteiger partial charge in [0.15, 0.2) is 0 Å². The van der Waals surface area contributed by atoms with Crippen molar-refractivity contribution in [2.45, 2.75) is 6.18 Å². The molecule has 0 unspecified atom stereocenters. The zero-order chi connectivity index (χ0) is 16.0. The van der Waals surface area contributed by atoms with E-state index in [0.29, 0.717) is 19.0 Å². The third-order valence-corrected chi connectivity index (χ3v) is 2.77. The standard InChI is InChI=1S/C14H15F3N4O/c1-22-7-6-18-12-8-13(20-9-19-12)21-11-5-3-2-4-10(11)14(15,16)17/h2-5,8-9H,6-7H2,1H3,(H2,18,19,20,21). The summed E-state index contributed by atoms with van der Waals surface area (Å²) in [6.07, 6.45) is -3.16. The second kappa shape index (κ2) is 7.08. The number of halogens is 3. The lowest BCUT2D eigenvalue weighted by molar-refractivity contribution is -0.136. The summed E-state index contributed by atoms with van der Waals surface area (Å²) in [5.41, 5.74) is -0.806. The van der Waals surface area contributed by atoms with E-state index < -0.39 is 11.7 Å². The van der Waals surface area contributed by atoms with Gasteiger partial charge >= 0.3 is 6.18 Å². The van der Waals surface area contributed by atoms with Crippen LogP contribution in [0.1, 0.15) is 5.56 Å². The first-order valence-electron chi connectivity index (χ1n) is 6.49. The van der Waals surface area contributed by atoms with Crippen molar-refractivity contribution in [1.29, 1.82) is 0 Å². The Labute approximate surface area is 125 Å². The van der Waals surface area contributed by atoms with Crippen LogP contribution >= 0.6 is 0 Å². The Morgan fingerprint density at radius 3 is 2.59 bits per heavy atom. The van der Waals surface area contributed by atoms with E-state index in [1.54, 1.807) is 7.11 Å². The molecular weight excluding hydrogens is 297 g/mol. The van der Waals surface area contributed by atoms with Gasteiger partial charge in [0.25, 0.3) is 0 Å². The zero-order valence-corrected chi connectivity index (χ0v) is 11.8. The molecule has 1 heterocycles. The summed E-state index contributed by atoms with van der Waals surface area (Å²) >= 11 is 0. The SMILES string of the molecule is COCCNc1cc(Nc2ccccc2C(F)(F)F)ncn1. The van der Waals surface area contributed by atoms with Crippen LogP contribution in [0, 0.1) is 0 Å². The van der Waals surface area contributed by atoms with E-state index in [9.17, 15) is 13.2 Å². The summed E-state index contributed by atoms with van der Waals surface area (Å²) in [6.45, 7) is 1.02. The molecule has 0 spiro atoms. The van der Waals surface area contributed by atoms with Crippen LogP contribution in [-0.4, -0.2) is 30.2 Å².